The Morgan fingerprint density at radius 1 is 1.07 bits per heavy atom. The molecule has 29 heavy (non-hydrogen) atoms. The number of phenolic OH excluding ortho intramolecular Hbond substituents is 1. The number of nitro groups is 1. The number of hydrogen-bond acceptors (Lipinski definition) is 7. The zero-order chi connectivity index (χ0) is 20.4. The van der Waals surface area contributed by atoms with Gasteiger partial charge in [-0.3, -0.25) is 14.9 Å². The van der Waals surface area contributed by atoms with Crippen molar-refractivity contribution in [2.45, 2.75) is 0 Å². The molecule has 1 N–H and O–H groups in total. The summed E-state index contributed by atoms with van der Waals surface area (Å²) in [4.78, 5) is 31.6. The van der Waals surface area contributed by atoms with Crippen LogP contribution in [0.15, 0.2) is 58.4 Å². The highest BCUT2D eigenvalue weighted by Crippen LogP contribution is 2.33. The van der Waals surface area contributed by atoms with Gasteiger partial charge in [0.1, 0.15) is 0 Å². The van der Waals surface area contributed by atoms with E-state index in [1.54, 1.807) is 6.08 Å². The van der Waals surface area contributed by atoms with Crippen molar-refractivity contribution in [2.24, 2.45) is 4.99 Å². The maximum Gasteiger partial charge on any atom is 0.311 e. The van der Waals surface area contributed by atoms with Crippen molar-refractivity contribution >= 4 is 40.3 Å². The summed E-state index contributed by atoms with van der Waals surface area (Å²) in [7, 11) is 0. The van der Waals surface area contributed by atoms with Crippen molar-refractivity contribution in [3.8, 4) is 5.75 Å². The third-order valence-electron chi connectivity index (χ3n) is 4.77. The molecule has 0 aliphatic carbocycles. The number of aliphatic imine (C=N–C) groups is 1. The van der Waals surface area contributed by atoms with E-state index in [-0.39, 0.29) is 5.91 Å². The molecule has 2 aromatic carbocycles. The number of para-hydroxylation sites is 1. The van der Waals surface area contributed by atoms with Gasteiger partial charge >= 0.3 is 5.69 Å². The summed E-state index contributed by atoms with van der Waals surface area (Å²) in [6, 6.07) is 14.2. The van der Waals surface area contributed by atoms with Crippen LogP contribution in [0.1, 0.15) is 5.56 Å². The zero-order valence-corrected chi connectivity index (χ0v) is 16.2. The smallest absolute Gasteiger partial charge is 0.311 e. The van der Waals surface area contributed by atoms with Crippen LogP contribution in [0, 0.1) is 10.1 Å². The highest BCUT2D eigenvalue weighted by atomic mass is 32.2. The van der Waals surface area contributed by atoms with Gasteiger partial charge in [-0.2, -0.15) is 4.99 Å². The van der Waals surface area contributed by atoms with Gasteiger partial charge < -0.3 is 14.9 Å². The summed E-state index contributed by atoms with van der Waals surface area (Å²) in [5.41, 5.74) is 1.25. The fraction of sp³-hybridized carbons (Fsp3) is 0.200. The highest BCUT2D eigenvalue weighted by Gasteiger charge is 2.28. The van der Waals surface area contributed by atoms with E-state index in [1.807, 2.05) is 18.2 Å². The van der Waals surface area contributed by atoms with Gasteiger partial charge in [-0.15, -0.1) is 0 Å². The second-order valence-corrected chi connectivity index (χ2v) is 7.63. The number of amidine groups is 1. The molecule has 0 spiro atoms. The quantitative estimate of drug-likeness (QED) is 0.471. The minimum absolute atomic E-state index is 0.355. The molecule has 2 aromatic rings. The summed E-state index contributed by atoms with van der Waals surface area (Å²) in [5, 5.41) is 21.2. The van der Waals surface area contributed by atoms with E-state index in [9.17, 15) is 20.0 Å². The average Bonchev–Trinajstić information content (AvgIpc) is 3.10. The third kappa shape index (κ3) is 4.09. The van der Waals surface area contributed by atoms with Gasteiger partial charge in [-0.1, -0.05) is 24.3 Å². The Labute approximate surface area is 171 Å². The first-order chi connectivity index (χ1) is 14.0. The van der Waals surface area contributed by atoms with E-state index in [1.165, 1.54) is 35.6 Å². The lowest BCUT2D eigenvalue weighted by Gasteiger charge is -2.36. The molecule has 8 nitrogen and oxygen atoms in total. The minimum Gasteiger partial charge on any atom is -0.502 e. The van der Waals surface area contributed by atoms with Crippen LogP contribution in [-0.4, -0.2) is 52.2 Å². The van der Waals surface area contributed by atoms with Gasteiger partial charge in [0.2, 0.25) is 0 Å². The number of thioether (sulfide) groups is 1. The summed E-state index contributed by atoms with van der Waals surface area (Å²) < 4.78 is 0. The number of rotatable bonds is 3. The molecule has 0 saturated carbocycles. The number of benzene rings is 2. The Morgan fingerprint density at radius 2 is 1.76 bits per heavy atom. The Bertz CT molecular complexity index is 1010. The van der Waals surface area contributed by atoms with Crippen LogP contribution in [0.4, 0.5) is 11.4 Å². The molecular formula is C20H18N4O4S. The number of aromatic hydroxyl groups is 1. The Kier molecular flexibility index (Phi) is 5.22. The predicted molar refractivity (Wildman–Crippen MR) is 113 cm³/mol. The van der Waals surface area contributed by atoms with Gasteiger partial charge in [0.25, 0.3) is 5.91 Å². The van der Waals surface area contributed by atoms with Crippen LogP contribution < -0.4 is 4.90 Å². The van der Waals surface area contributed by atoms with E-state index in [0.717, 1.165) is 26.2 Å². The molecule has 1 saturated heterocycles. The van der Waals surface area contributed by atoms with Crippen LogP contribution >= 0.6 is 11.8 Å². The van der Waals surface area contributed by atoms with Crippen molar-refractivity contribution in [3.05, 3.63) is 69.1 Å². The summed E-state index contributed by atoms with van der Waals surface area (Å²) in [6.45, 7) is 3.18. The normalized spacial score (nSPS) is 18.3. The van der Waals surface area contributed by atoms with Gasteiger partial charge in [-0.25, -0.2) is 0 Å². The molecule has 2 aliphatic rings. The second kappa shape index (κ2) is 7.96. The topological polar surface area (TPSA) is 99.3 Å². The first kappa shape index (κ1) is 19.0. The number of hydrogen-bond donors (Lipinski definition) is 1. The molecule has 0 bridgehead atoms. The number of nitrogens with zero attached hydrogens (tertiary/aromatic N) is 4. The molecule has 0 radical (unpaired) electrons. The number of piperazine rings is 1. The summed E-state index contributed by atoms with van der Waals surface area (Å²) >= 11 is 1.27. The van der Waals surface area contributed by atoms with E-state index in [4.69, 9.17) is 0 Å². The molecule has 0 aromatic heterocycles. The molecule has 2 aliphatic heterocycles. The number of anilines is 1. The number of phenols is 1. The minimum atomic E-state index is -0.658. The van der Waals surface area contributed by atoms with Crippen LogP contribution in [0.5, 0.6) is 5.75 Å². The number of carbonyl (C=O) groups excluding carboxylic acids is 1. The lowest BCUT2D eigenvalue weighted by molar-refractivity contribution is -0.385. The second-order valence-electron chi connectivity index (χ2n) is 6.63. The van der Waals surface area contributed by atoms with Crippen molar-refractivity contribution in [1.29, 1.82) is 0 Å². The number of nitro benzene ring substituents is 1. The van der Waals surface area contributed by atoms with Crippen molar-refractivity contribution in [2.75, 3.05) is 31.1 Å². The van der Waals surface area contributed by atoms with Crippen molar-refractivity contribution in [3.63, 3.8) is 0 Å². The number of amides is 1. The van der Waals surface area contributed by atoms with Crippen molar-refractivity contribution in [1.82, 2.24) is 4.90 Å². The summed E-state index contributed by atoms with van der Waals surface area (Å²) in [6.07, 6.45) is 1.57. The van der Waals surface area contributed by atoms with Crippen LogP contribution in [-0.2, 0) is 4.79 Å². The van der Waals surface area contributed by atoms with Crippen molar-refractivity contribution < 1.29 is 14.8 Å². The Morgan fingerprint density at radius 3 is 2.45 bits per heavy atom. The van der Waals surface area contributed by atoms with Crippen LogP contribution in [0.2, 0.25) is 0 Å². The Balaban J connectivity index is 1.43. The standard InChI is InChI=1S/C20H18N4O4S/c25-17-7-6-14(12-16(17)24(27)28)13-18-19(26)21-20(29-18)23-10-8-22(9-11-23)15-4-2-1-3-5-15/h1-7,12-13,25H,8-11H2/b18-13-. The molecule has 148 valence electrons. The zero-order valence-electron chi connectivity index (χ0n) is 15.4. The molecular weight excluding hydrogens is 392 g/mol. The monoisotopic (exact) mass is 410 g/mol. The van der Waals surface area contributed by atoms with Gasteiger partial charge in [0.05, 0.1) is 9.83 Å². The van der Waals surface area contributed by atoms with Gasteiger partial charge in [-0.05, 0) is 41.6 Å². The average molecular weight is 410 g/mol. The molecule has 0 unspecified atom stereocenters. The van der Waals surface area contributed by atoms with Gasteiger partial charge in [0.15, 0.2) is 10.9 Å². The van der Waals surface area contributed by atoms with E-state index in [2.05, 4.69) is 26.9 Å². The third-order valence-corrected chi connectivity index (χ3v) is 5.82. The maximum atomic E-state index is 12.3. The molecule has 0 atom stereocenters. The molecule has 1 fully saturated rings. The lowest BCUT2D eigenvalue weighted by Crippen LogP contribution is -2.47. The molecule has 2 heterocycles. The fourth-order valence-electron chi connectivity index (χ4n) is 3.26. The number of carbonyl (C=O) groups is 1. The summed E-state index contributed by atoms with van der Waals surface area (Å²) in [5.74, 6) is -0.762. The molecule has 9 heteroatoms. The molecule has 4 rings (SSSR count). The largest absolute Gasteiger partial charge is 0.502 e. The van der Waals surface area contributed by atoms with Gasteiger partial charge in [0, 0.05) is 37.9 Å². The maximum absolute atomic E-state index is 12.3. The van der Waals surface area contributed by atoms with Crippen LogP contribution in [0.3, 0.4) is 0 Å². The van der Waals surface area contributed by atoms with Crippen LogP contribution in [0.25, 0.3) is 6.08 Å². The lowest BCUT2D eigenvalue weighted by atomic mass is 10.1. The predicted octanol–water partition coefficient (Wildman–Crippen LogP) is 3.09. The first-order valence-corrected chi connectivity index (χ1v) is 9.88. The van der Waals surface area contributed by atoms with E-state index >= 15 is 0 Å². The highest BCUT2D eigenvalue weighted by molar-refractivity contribution is 8.18. The van der Waals surface area contributed by atoms with E-state index < -0.39 is 16.4 Å². The fourth-order valence-corrected chi connectivity index (χ4v) is 4.22. The molecule has 1 amide bonds. The first-order valence-electron chi connectivity index (χ1n) is 9.06. The SMILES string of the molecule is O=C1N=C(N2CCN(c3ccccc3)CC2)S/C1=C\c1ccc(O)c([N+](=O)[O-])c1. The van der Waals surface area contributed by atoms with E-state index in [0.29, 0.717) is 15.6 Å². The Hall–Kier alpha value is -3.33.